The molecule has 0 saturated carbocycles. The van der Waals surface area contributed by atoms with E-state index in [0.29, 0.717) is 47.4 Å². The molecule has 3 heterocycles. The minimum Gasteiger partial charge on any atom is -0.507 e. The minimum absolute atomic E-state index is 0.120. The van der Waals surface area contributed by atoms with Crippen LogP contribution in [-0.4, -0.2) is 80.9 Å². The number of aromatic hydroxyl groups is 1. The molecule has 11 nitrogen and oxygen atoms in total. The second kappa shape index (κ2) is 18.6. The second-order valence-corrected chi connectivity index (χ2v) is 15.6. The first-order valence-electron chi connectivity index (χ1n) is 20.0. The molecule has 3 aromatic carbocycles. The van der Waals surface area contributed by atoms with Gasteiger partial charge in [0, 0.05) is 48.1 Å². The Balaban J connectivity index is 1.19. The maximum absolute atomic E-state index is 14.0. The van der Waals surface area contributed by atoms with Crippen LogP contribution in [-0.2, 0) is 59.6 Å². The van der Waals surface area contributed by atoms with Crippen molar-refractivity contribution in [1.29, 1.82) is 0 Å². The molecule has 6 aromatic rings. The van der Waals surface area contributed by atoms with E-state index in [1.54, 1.807) is 12.1 Å². The fraction of sp³-hybridized carbons (Fsp3) is 0.422. The summed E-state index contributed by atoms with van der Waals surface area (Å²) in [6, 6.07) is 14.1. The highest BCUT2D eigenvalue weighted by Crippen LogP contribution is 2.42. The number of phenolic OH excluding ortho intramolecular Hbond substituents is 1. The van der Waals surface area contributed by atoms with Crippen LogP contribution in [0.5, 0.6) is 5.75 Å². The molecule has 0 amide bonds. The zero-order valence-corrected chi connectivity index (χ0v) is 35.4. The zero-order chi connectivity index (χ0) is 41.7. The molecule has 0 atom stereocenters. The standard InChI is InChI=1S/C45H54ClFN6O5/c1-8-51-43-36(37(18-20-40(55)57-6)44(51)45(56)58-7)17-19-38(46)41(43)42-28(2)29(3)48-53(42)21-11-9-10-12-33-27-34(52(49-33)23-22-50(4)5)15-13-30-24-31-26-32(47)14-16-35(31)39(54)25-30/h14,16-17,19,24-27,54H,8-13,15,18,20-23H2,1-7H3. The number of nitrogens with zero attached hydrogens (tertiary/aromatic N) is 6. The van der Waals surface area contributed by atoms with Gasteiger partial charge in [-0.2, -0.15) is 10.2 Å². The van der Waals surface area contributed by atoms with E-state index in [9.17, 15) is 19.1 Å². The summed E-state index contributed by atoms with van der Waals surface area (Å²) in [7, 11) is 6.82. The van der Waals surface area contributed by atoms with E-state index in [1.165, 1.54) is 26.4 Å². The van der Waals surface area contributed by atoms with Crippen LogP contribution in [0.25, 0.3) is 32.9 Å². The van der Waals surface area contributed by atoms with Crippen molar-refractivity contribution in [2.45, 2.75) is 91.8 Å². The Morgan fingerprint density at radius 3 is 2.38 bits per heavy atom. The Morgan fingerprint density at radius 1 is 0.879 bits per heavy atom. The van der Waals surface area contributed by atoms with Gasteiger partial charge in [-0.25, -0.2) is 9.18 Å². The first-order valence-corrected chi connectivity index (χ1v) is 20.4. The molecule has 0 aliphatic carbocycles. The third kappa shape index (κ3) is 9.08. The van der Waals surface area contributed by atoms with Crippen LogP contribution in [0.15, 0.2) is 48.5 Å². The number of carbonyl (C=O) groups is 2. The number of fused-ring (bicyclic) bond motifs is 2. The van der Waals surface area contributed by atoms with Gasteiger partial charge in [0.1, 0.15) is 17.3 Å². The Kier molecular flexibility index (Phi) is 13.6. The van der Waals surface area contributed by atoms with E-state index in [0.717, 1.165) is 101 Å². The second-order valence-electron chi connectivity index (χ2n) is 15.2. The molecule has 0 saturated heterocycles. The molecule has 13 heteroatoms. The monoisotopic (exact) mass is 812 g/mol. The normalized spacial score (nSPS) is 11.7. The number of esters is 2. The van der Waals surface area contributed by atoms with Crippen molar-refractivity contribution in [3.05, 3.63) is 98.8 Å². The average Bonchev–Trinajstić information content (AvgIpc) is 3.84. The summed E-state index contributed by atoms with van der Waals surface area (Å²) in [4.78, 5) is 27.6. The molecule has 3 aromatic heterocycles. The van der Waals surface area contributed by atoms with E-state index >= 15 is 0 Å². The lowest BCUT2D eigenvalue weighted by molar-refractivity contribution is -0.140. The van der Waals surface area contributed by atoms with Gasteiger partial charge in [0.15, 0.2) is 0 Å². The summed E-state index contributed by atoms with van der Waals surface area (Å²) in [5.41, 5.74) is 8.70. The highest BCUT2D eigenvalue weighted by atomic mass is 35.5. The number of aryl methyl sites for hydroxylation is 7. The highest BCUT2D eigenvalue weighted by Gasteiger charge is 2.28. The van der Waals surface area contributed by atoms with Gasteiger partial charge in [-0.1, -0.05) is 30.2 Å². The smallest absolute Gasteiger partial charge is 0.354 e. The number of methoxy groups -OCH3 is 2. The lowest BCUT2D eigenvalue weighted by Crippen LogP contribution is -2.20. The van der Waals surface area contributed by atoms with Gasteiger partial charge in [0.2, 0.25) is 0 Å². The van der Waals surface area contributed by atoms with Gasteiger partial charge >= 0.3 is 11.9 Å². The number of hydrogen-bond acceptors (Lipinski definition) is 8. The minimum atomic E-state index is -0.473. The number of unbranched alkanes of at least 4 members (excludes halogenated alkanes) is 2. The number of phenols is 1. The van der Waals surface area contributed by atoms with Crippen LogP contribution in [0.3, 0.4) is 0 Å². The first kappa shape index (κ1) is 42.4. The van der Waals surface area contributed by atoms with Crippen LogP contribution >= 0.6 is 11.6 Å². The van der Waals surface area contributed by atoms with Crippen molar-refractivity contribution in [3.8, 4) is 17.0 Å². The topological polar surface area (TPSA) is 117 Å². The van der Waals surface area contributed by atoms with Crippen LogP contribution in [0, 0.1) is 19.7 Å². The average molecular weight is 813 g/mol. The number of rotatable bonds is 18. The quantitative estimate of drug-likeness (QED) is 0.0678. The Morgan fingerprint density at radius 2 is 1.66 bits per heavy atom. The summed E-state index contributed by atoms with van der Waals surface area (Å²) in [6.07, 6.45) is 5.49. The zero-order valence-electron chi connectivity index (χ0n) is 34.6. The summed E-state index contributed by atoms with van der Waals surface area (Å²) >= 11 is 7.06. The van der Waals surface area contributed by atoms with Crippen molar-refractivity contribution in [1.82, 2.24) is 29.0 Å². The van der Waals surface area contributed by atoms with E-state index in [4.69, 9.17) is 31.3 Å². The number of carbonyl (C=O) groups excluding carboxylic acids is 2. The van der Waals surface area contributed by atoms with Gasteiger partial charge in [-0.15, -0.1) is 0 Å². The van der Waals surface area contributed by atoms with Crippen molar-refractivity contribution in [3.63, 3.8) is 0 Å². The van der Waals surface area contributed by atoms with E-state index in [1.807, 2.05) is 41.3 Å². The van der Waals surface area contributed by atoms with E-state index in [-0.39, 0.29) is 24.0 Å². The van der Waals surface area contributed by atoms with Gasteiger partial charge in [0.25, 0.3) is 0 Å². The maximum atomic E-state index is 14.0. The Labute approximate surface area is 344 Å². The van der Waals surface area contributed by atoms with Crippen LogP contribution in [0.4, 0.5) is 4.39 Å². The van der Waals surface area contributed by atoms with Crippen LogP contribution < -0.4 is 0 Å². The maximum Gasteiger partial charge on any atom is 0.354 e. The van der Waals surface area contributed by atoms with E-state index < -0.39 is 5.97 Å². The number of likely N-dealkylation sites (N-methyl/N-ethyl adjacent to an activating group) is 1. The van der Waals surface area contributed by atoms with E-state index in [2.05, 4.69) is 36.7 Å². The SMILES string of the molecule is CCn1c(C(=O)OC)c(CCC(=O)OC)c2ccc(Cl)c(-c3c(C)c(C)nn3CCCCCc3cc(CCc4cc(O)c5ccc(F)cc5c4)n(CCN(C)C)n3)c21. The summed E-state index contributed by atoms with van der Waals surface area (Å²) in [5, 5.41) is 23.3. The van der Waals surface area contributed by atoms with Crippen LogP contribution in [0.1, 0.15) is 76.9 Å². The molecule has 1 N–H and O–H groups in total. The molecule has 6 rings (SSSR count). The lowest BCUT2D eigenvalue weighted by Gasteiger charge is -2.15. The molecule has 0 unspecified atom stereocenters. The van der Waals surface area contributed by atoms with Crippen LogP contribution in [0.2, 0.25) is 5.02 Å². The number of aromatic nitrogens is 5. The summed E-state index contributed by atoms with van der Waals surface area (Å²) in [5.74, 6) is -0.996. The highest BCUT2D eigenvalue weighted by molar-refractivity contribution is 6.35. The number of hydrogen-bond donors (Lipinski definition) is 1. The fourth-order valence-corrected chi connectivity index (χ4v) is 8.21. The third-order valence-corrected chi connectivity index (χ3v) is 11.4. The number of ether oxygens (including phenoxy) is 2. The van der Waals surface area contributed by atoms with Crippen molar-refractivity contribution >= 4 is 45.2 Å². The van der Waals surface area contributed by atoms with Crippen molar-refractivity contribution in [2.24, 2.45) is 0 Å². The van der Waals surface area contributed by atoms with Crippen molar-refractivity contribution < 1.29 is 28.6 Å². The molecule has 0 radical (unpaired) electrons. The molecule has 308 valence electrons. The molecule has 0 fully saturated rings. The predicted molar refractivity (Wildman–Crippen MR) is 226 cm³/mol. The third-order valence-electron chi connectivity index (χ3n) is 11.0. The van der Waals surface area contributed by atoms with Gasteiger partial charge in [0.05, 0.1) is 48.4 Å². The first-order chi connectivity index (χ1) is 27.8. The molecule has 0 spiro atoms. The molecule has 0 bridgehead atoms. The van der Waals surface area contributed by atoms with Gasteiger partial charge in [-0.3, -0.25) is 14.2 Å². The predicted octanol–water partition coefficient (Wildman–Crippen LogP) is 8.64. The Bertz CT molecular complexity index is 2450. The number of halogens is 2. The molecular formula is C45H54ClFN6O5. The van der Waals surface area contributed by atoms with Gasteiger partial charge < -0.3 is 24.0 Å². The molecule has 58 heavy (non-hydrogen) atoms. The largest absolute Gasteiger partial charge is 0.507 e. The molecular weight excluding hydrogens is 759 g/mol. The lowest BCUT2D eigenvalue weighted by atomic mass is 10.00. The summed E-state index contributed by atoms with van der Waals surface area (Å²) in [6.45, 7) is 8.80. The summed E-state index contributed by atoms with van der Waals surface area (Å²) < 4.78 is 30.2. The van der Waals surface area contributed by atoms with Gasteiger partial charge in [-0.05, 0) is 132 Å². The molecule has 0 aliphatic rings. The molecule has 0 aliphatic heterocycles. The fourth-order valence-electron chi connectivity index (χ4n) is 7.96. The van der Waals surface area contributed by atoms with Crippen molar-refractivity contribution in [2.75, 3.05) is 34.9 Å². The number of benzene rings is 3. The Hall–Kier alpha value is -5.20.